The molecule has 6 heteroatoms. The molecular weight excluding hydrogens is 313 g/mol. The summed E-state index contributed by atoms with van der Waals surface area (Å²) in [6.07, 6.45) is 0.831. The molecule has 1 aliphatic rings. The Bertz CT molecular complexity index is 495. The summed E-state index contributed by atoms with van der Waals surface area (Å²) in [5, 5.41) is 0. The Morgan fingerprint density at radius 2 is 2.16 bits per heavy atom. The van der Waals surface area contributed by atoms with Gasteiger partial charge in [-0.25, -0.2) is 4.39 Å². The summed E-state index contributed by atoms with van der Waals surface area (Å²) >= 11 is 3.23. The van der Waals surface area contributed by atoms with Gasteiger partial charge in [-0.05, 0) is 34.0 Å². The Labute approximate surface area is 120 Å². The molecule has 0 radical (unpaired) electrons. The molecule has 2 N–H and O–H groups in total. The topological polar surface area (TPSA) is 49.6 Å². The first-order chi connectivity index (χ1) is 9.04. The second-order valence-electron chi connectivity index (χ2n) is 4.67. The van der Waals surface area contributed by atoms with Crippen LogP contribution < -0.4 is 10.6 Å². The number of rotatable bonds is 2. The van der Waals surface area contributed by atoms with E-state index in [4.69, 9.17) is 5.73 Å². The second kappa shape index (κ2) is 5.88. The SMILES string of the molecule is CN1CCCN(c2ccc(CN)c(Br)c2F)CC1=O. The molecule has 0 aliphatic carbocycles. The molecule has 0 saturated carbocycles. The summed E-state index contributed by atoms with van der Waals surface area (Å²) in [5.74, 6) is -0.337. The zero-order valence-electron chi connectivity index (χ0n) is 10.8. The number of amides is 1. The molecule has 1 amide bonds. The molecule has 1 aromatic rings. The lowest BCUT2D eigenvalue weighted by atomic mass is 10.1. The summed E-state index contributed by atoms with van der Waals surface area (Å²) in [6, 6.07) is 3.49. The van der Waals surface area contributed by atoms with Crippen LogP contribution >= 0.6 is 15.9 Å². The van der Waals surface area contributed by atoms with Gasteiger partial charge in [0, 0.05) is 26.7 Å². The van der Waals surface area contributed by atoms with Gasteiger partial charge in [-0.2, -0.15) is 0 Å². The minimum absolute atomic E-state index is 0.0101. The van der Waals surface area contributed by atoms with E-state index in [0.717, 1.165) is 12.0 Å². The molecule has 104 valence electrons. The molecule has 0 unspecified atom stereocenters. The van der Waals surface area contributed by atoms with Crippen molar-refractivity contribution in [1.82, 2.24) is 4.90 Å². The summed E-state index contributed by atoms with van der Waals surface area (Å²) in [4.78, 5) is 15.3. The van der Waals surface area contributed by atoms with Crippen LogP contribution in [0.4, 0.5) is 10.1 Å². The molecule has 0 bridgehead atoms. The lowest BCUT2D eigenvalue weighted by Crippen LogP contribution is -2.34. The minimum Gasteiger partial charge on any atom is -0.360 e. The van der Waals surface area contributed by atoms with Gasteiger partial charge in [-0.3, -0.25) is 4.79 Å². The molecule has 1 saturated heterocycles. The number of likely N-dealkylation sites (N-methyl/N-ethyl adjacent to an activating group) is 1. The average molecular weight is 330 g/mol. The van der Waals surface area contributed by atoms with Gasteiger partial charge in [-0.15, -0.1) is 0 Å². The molecule has 1 heterocycles. The van der Waals surface area contributed by atoms with Gasteiger partial charge in [0.05, 0.1) is 16.7 Å². The van der Waals surface area contributed by atoms with Crippen molar-refractivity contribution in [2.24, 2.45) is 5.73 Å². The van der Waals surface area contributed by atoms with Crippen LogP contribution in [0.15, 0.2) is 16.6 Å². The molecule has 1 aromatic carbocycles. The number of hydrogen-bond acceptors (Lipinski definition) is 3. The van der Waals surface area contributed by atoms with Crippen LogP contribution in [0.2, 0.25) is 0 Å². The molecule has 0 atom stereocenters. The van der Waals surface area contributed by atoms with Crippen LogP contribution in [0.25, 0.3) is 0 Å². The Morgan fingerprint density at radius 1 is 1.42 bits per heavy atom. The van der Waals surface area contributed by atoms with Gasteiger partial charge in [0.1, 0.15) is 0 Å². The van der Waals surface area contributed by atoms with E-state index >= 15 is 0 Å². The molecular formula is C13H17BrFN3O. The Balaban J connectivity index is 2.31. The normalized spacial score (nSPS) is 16.7. The smallest absolute Gasteiger partial charge is 0.241 e. The maximum Gasteiger partial charge on any atom is 0.241 e. The Hall–Kier alpha value is -1.14. The van der Waals surface area contributed by atoms with E-state index in [-0.39, 0.29) is 24.8 Å². The van der Waals surface area contributed by atoms with Crippen LogP contribution in [0.3, 0.4) is 0 Å². The van der Waals surface area contributed by atoms with Crippen LogP contribution in [-0.4, -0.2) is 37.5 Å². The van der Waals surface area contributed by atoms with Crippen molar-refractivity contribution in [3.05, 3.63) is 28.0 Å². The van der Waals surface area contributed by atoms with Crippen molar-refractivity contribution >= 4 is 27.5 Å². The lowest BCUT2D eigenvalue weighted by Gasteiger charge is -2.23. The number of carbonyl (C=O) groups is 1. The first kappa shape index (κ1) is 14.3. The van der Waals surface area contributed by atoms with E-state index in [1.807, 2.05) is 0 Å². The molecule has 1 aliphatic heterocycles. The number of anilines is 1. The number of nitrogens with two attached hydrogens (primary N) is 1. The summed E-state index contributed by atoms with van der Waals surface area (Å²) in [6.45, 7) is 1.86. The van der Waals surface area contributed by atoms with E-state index in [1.165, 1.54) is 0 Å². The average Bonchev–Trinajstić information content (AvgIpc) is 2.55. The van der Waals surface area contributed by atoms with Gasteiger partial charge in [0.2, 0.25) is 5.91 Å². The fourth-order valence-corrected chi connectivity index (χ4v) is 2.67. The molecule has 0 aromatic heterocycles. The van der Waals surface area contributed by atoms with Crippen LogP contribution in [0.1, 0.15) is 12.0 Å². The third kappa shape index (κ3) is 2.90. The number of benzene rings is 1. The number of nitrogens with zero attached hydrogens (tertiary/aromatic N) is 2. The van der Waals surface area contributed by atoms with Gasteiger partial charge < -0.3 is 15.5 Å². The third-order valence-corrected chi connectivity index (χ3v) is 4.23. The fourth-order valence-electron chi connectivity index (χ4n) is 2.17. The van der Waals surface area contributed by atoms with Crippen molar-refractivity contribution < 1.29 is 9.18 Å². The third-order valence-electron chi connectivity index (χ3n) is 3.38. The number of halogens is 2. The fraction of sp³-hybridized carbons (Fsp3) is 0.462. The first-order valence-corrected chi connectivity index (χ1v) is 6.99. The van der Waals surface area contributed by atoms with E-state index in [9.17, 15) is 9.18 Å². The highest BCUT2D eigenvalue weighted by Gasteiger charge is 2.22. The Morgan fingerprint density at radius 3 is 2.84 bits per heavy atom. The standard InChI is InChI=1S/C13H17BrFN3O/c1-17-5-2-6-18(8-11(17)19)10-4-3-9(7-16)12(14)13(10)15/h3-4H,2,5-8,16H2,1H3. The van der Waals surface area contributed by atoms with E-state index in [2.05, 4.69) is 15.9 Å². The molecule has 4 nitrogen and oxygen atoms in total. The molecule has 19 heavy (non-hydrogen) atoms. The zero-order chi connectivity index (χ0) is 14.0. The predicted octanol–water partition coefficient (Wildman–Crippen LogP) is 1.72. The van der Waals surface area contributed by atoms with Gasteiger partial charge in [-0.1, -0.05) is 6.07 Å². The van der Waals surface area contributed by atoms with Crippen molar-refractivity contribution in [2.75, 3.05) is 31.6 Å². The summed E-state index contributed by atoms with van der Waals surface area (Å²) in [5.41, 5.74) is 6.72. The minimum atomic E-state index is -0.347. The van der Waals surface area contributed by atoms with Gasteiger partial charge in [0.25, 0.3) is 0 Å². The maximum absolute atomic E-state index is 14.3. The maximum atomic E-state index is 14.3. The lowest BCUT2D eigenvalue weighted by molar-refractivity contribution is -0.127. The van der Waals surface area contributed by atoms with Crippen molar-refractivity contribution in [1.29, 1.82) is 0 Å². The highest BCUT2D eigenvalue weighted by atomic mass is 79.9. The van der Waals surface area contributed by atoms with E-state index in [0.29, 0.717) is 23.2 Å². The predicted molar refractivity (Wildman–Crippen MR) is 76.5 cm³/mol. The van der Waals surface area contributed by atoms with Crippen molar-refractivity contribution in [2.45, 2.75) is 13.0 Å². The number of hydrogen-bond donors (Lipinski definition) is 1. The second-order valence-corrected chi connectivity index (χ2v) is 5.46. The van der Waals surface area contributed by atoms with Crippen LogP contribution in [0.5, 0.6) is 0 Å². The number of carbonyl (C=O) groups excluding carboxylic acids is 1. The van der Waals surface area contributed by atoms with E-state index in [1.54, 1.807) is 29.0 Å². The highest BCUT2D eigenvalue weighted by molar-refractivity contribution is 9.10. The quantitative estimate of drug-likeness (QED) is 0.898. The van der Waals surface area contributed by atoms with Crippen molar-refractivity contribution in [3.63, 3.8) is 0 Å². The molecule has 2 rings (SSSR count). The van der Waals surface area contributed by atoms with Crippen LogP contribution in [-0.2, 0) is 11.3 Å². The summed E-state index contributed by atoms with van der Waals surface area (Å²) in [7, 11) is 1.77. The largest absolute Gasteiger partial charge is 0.360 e. The molecule has 1 fully saturated rings. The van der Waals surface area contributed by atoms with Gasteiger partial charge in [0.15, 0.2) is 5.82 Å². The van der Waals surface area contributed by atoms with Crippen LogP contribution in [0, 0.1) is 5.82 Å². The first-order valence-electron chi connectivity index (χ1n) is 6.20. The summed E-state index contributed by atoms with van der Waals surface area (Å²) < 4.78 is 14.7. The van der Waals surface area contributed by atoms with Crippen molar-refractivity contribution in [3.8, 4) is 0 Å². The Kier molecular flexibility index (Phi) is 4.42. The highest BCUT2D eigenvalue weighted by Crippen LogP contribution is 2.30. The van der Waals surface area contributed by atoms with E-state index < -0.39 is 0 Å². The molecule has 0 spiro atoms. The zero-order valence-corrected chi connectivity index (χ0v) is 12.4. The van der Waals surface area contributed by atoms with Gasteiger partial charge >= 0.3 is 0 Å². The monoisotopic (exact) mass is 329 g/mol.